The first-order chi connectivity index (χ1) is 15.0. The van der Waals surface area contributed by atoms with Crippen LogP contribution < -0.4 is 0 Å². The Kier molecular flexibility index (Phi) is 5.85. The van der Waals surface area contributed by atoms with E-state index in [9.17, 15) is 8.42 Å². The number of thiophene rings is 1. The van der Waals surface area contributed by atoms with Gasteiger partial charge in [-0.05, 0) is 23.6 Å². The molecule has 9 heteroatoms. The third kappa shape index (κ3) is 4.41. The maximum atomic E-state index is 13.1. The molecule has 31 heavy (non-hydrogen) atoms. The van der Waals surface area contributed by atoms with Crippen LogP contribution in [-0.2, 0) is 16.6 Å². The van der Waals surface area contributed by atoms with Crippen LogP contribution in [0.4, 0.5) is 0 Å². The zero-order chi connectivity index (χ0) is 21.4. The van der Waals surface area contributed by atoms with E-state index in [-0.39, 0.29) is 0 Å². The van der Waals surface area contributed by atoms with Crippen molar-refractivity contribution in [3.05, 3.63) is 70.0 Å². The minimum atomic E-state index is -3.50. The van der Waals surface area contributed by atoms with E-state index >= 15 is 0 Å². The van der Waals surface area contributed by atoms with E-state index in [2.05, 4.69) is 22.4 Å². The van der Waals surface area contributed by atoms with E-state index in [4.69, 9.17) is 16.6 Å². The molecule has 5 nitrogen and oxygen atoms in total. The summed E-state index contributed by atoms with van der Waals surface area (Å²) in [5, 5.41) is 4.66. The molecule has 2 aromatic heterocycles. The second-order valence-corrected chi connectivity index (χ2v) is 12.0. The van der Waals surface area contributed by atoms with Crippen molar-refractivity contribution in [3.8, 4) is 11.3 Å². The Morgan fingerprint density at radius 2 is 1.77 bits per heavy atom. The van der Waals surface area contributed by atoms with Crippen molar-refractivity contribution in [2.75, 3.05) is 26.2 Å². The zero-order valence-corrected chi connectivity index (χ0v) is 19.8. The summed E-state index contributed by atoms with van der Waals surface area (Å²) in [6.07, 6.45) is 0. The Morgan fingerprint density at radius 3 is 2.55 bits per heavy atom. The SMILES string of the molecule is O=S(=O)(c1cc2ccc(Cl)cc2s1)N1CCN(Cc2nc(-c3ccccc3)cs2)CC1. The van der Waals surface area contributed by atoms with Crippen molar-refractivity contribution in [3.63, 3.8) is 0 Å². The monoisotopic (exact) mass is 489 g/mol. The number of piperazine rings is 1. The molecule has 1 fully saturated rings. The van der Waals surface area contributed by atoms with Gasteiger partial charge < -0.3 is 0 Å². The predicted molar refractivity (Wildman–Crippen MR) is 128 cm³/mol. The lowest BCUT2D eigenvalue weighted by Gasteiger charge is -2.33. The molecule has 5 rings (SSSR count). The third-order valence-electron chi connectivity index (χ3n) is 5.37. The van der Waals surface area contributed by atoms with Gasteiger partial charge in [0.15, 0.2) is 0 Å². The average Bonchev–Trinajstić information content (AvgIpc) is 3.42. The Hall–Kier alpha value is -1.81. The topological polar surface area (TPSA) is 53.5 Å². The fourth-order valence-electron chi connectivity index (χ4n) is 3.68. The number of thiazole rings is 1. The zero-order valence-electron chi connectivity index (χ0n) is 16.6. The molecule has 2 aromatic carbocycles. The van der Waals surface area contributed by atoms with Gasteiger partial charge in [-0.1, -0.05) is 48.0 Å². The highest BCUT2D eigenvalue weighted by Gasteiger charge is 2.30. The van der Waals surface area contributed by atoms with Crippen LogP contribution in [0.15, 0.2) is 64.2 Å². The summed E-state index contributed by atoms with van der Waals surface area (Å²) in [6, 6.07) is 17.4. The van der Waals surface area contributed by atoms with E-state index in [1.807, 2.05) is 30.3 Å². The lowest BCUT2D eigenvalue weighted by molar-refractivity contribution is 0.181. The van der Waals surface area contributed by atoms with E-state index in [0.29, 0.717) is 35.4 Å². The Labute approximate surface area is 194 Å². The number of hydrogen-bond acceptors (Lipinski definition) is 6. The van der Waals surface area contributed by atoms with Gasteiger partial charge in [0.05, 0.1) is 12.2 Å². The summed E-state index contributed by atoms with van der Waals surface area (Å²) in [4.78, 5) is 7.03. The number of rotatable bonds is 5. The first-order valence-corrected chi connectivity index (χ1v) is 13.4. The van der Waals surface area contributed by atoms with E-state index in [0.717, 1.165) is 32.9 Å². The maximum Gasteiger partial charge on any atom is 0.252 e. The number of hydrogen-bond donors (Lipinski definition) is 0. The molecule has 0 atom stereocenters. The fraction of sp³-hybridized carbons (Fsp3) is 0.227. The van der Waals surface area contributed by atoms with Crippen LogP contribution in [0.2, 0.25) is 5.02 Å². The standard InChI is InChI=1S/C22H20ClN3O2S3/c23-18-7-6-17-12-22(30-20(17)13-18)31(27,28)26-10-8-25(9-11-26)14-21-24-19(15-29-21)16-4-2-1-3-5-16/h1-7,12-13,15H,8-11,14H2. The first-order valence-electron chi connectivity index (χ1n) is 9.90. The molecule has 0 aliphatic carbocycles. The highest BCUT2D eigenvalue weighted by molar-refractivity contribution is 7.91. The van der Waals surface area contributed by atoms with Gasteiger partial charge >= 0.3 is 0 Å². The van der Waals surface area contributed by atoms with Gasteiger partial charge in [-0.3, -0.25) is 4.90 Å². The molecular weight excluding hydrogens is 470 g/mol. The van der Waals surface area contributed by atoms with Crippen LogP contribution in [-0.4, -0.2) is 48.8 Å². The molecule has 3 heterocycles. The number of sulfonamides is 1. The van der Waals surface area contributed by atoms with E-state index in [1.165, 1.54) is 11.3 Å². The molecule has 4 aromatic rings. The maximum absolute atomic E-state index is 13.1. The summed E-state index contributed by atoms with van der Waals surface area (Å²) in [7, 11) is -3.50. The van der Waals surface area contributed by atoms with Crippen molar-refractivity contribution in [2.24, 2.45) is 0 Å². The Bertz CT molecular complexity index is 1310. The normalized spacial score (nSPS) is 16.2. The molecule has 1 saturated heterocycles. The largest absolute Gasteiger partial charge is 0.294 e. The van der Waals surface area contributed by atoms with Gasteiger partial charge in [-0.15, -0.1) is 22.7 Å². The molecule has 160 valence electrons. The molecule has 1 aliphatic rings. The van der Waals surface area contributed by atoms with E-state index < -0.39 is 10.0 Å². The van der Waals surface area contributed by atoms with Gasteiger partial charge in [-0.25, -0.2) is 13.4 Å². The molecule has 0 bridgehead atoms. The Balaban J connectivity index is 1.24. The van der Waals surface area contributed by atoms with Crippen LogP contribution in [0.3, 0.4) is 0 Å². The third-order valence-corrected chi connectivity index (χ3v) is 9.88. The quantitative estimate of drug-likeness (QED) is 0.387. The highest BCUT2D eigenvalue weighted by Crippen LogP contribution is 2.33. The smallest absolute Gasteiger partial charge is 0.252 e. The molecule has 0 N–H and O–H groups in total. The molecule has 0 amide bonds. The van der Waals surface area contributed by atoms with Crippen LogP contribution in [0, 0.1) is 0 Å². The highest BCUT2D eigenvalue weighted by atomic mass is 35.5. The van der Waals surface area contributed by atoms with Crippen molar-refractivity contribution < 1.29 is 8.42 Å². The number of halogens is 1. The first kappa shape index (κ1) is 21.1. The number of benzene rings is 2. The number of fused-ring (bicyclic) bond motifs is 1. The minimum absolute atomic E-state index is 0.380. The second kappa shape index (κ2) is 8.61. The van der Waals surface area contributed by atoms with Crippen molar-refractivity contribution in [1.29, 1.82) is 0 Å². The van der Waals surface area contributed by atoms with Gasteiger partial charge in [0, 0.05) is 46.8 Å². The van der Waals surface area contributed by atoms with Gasteiger partial charge in [-0.2, -0.15) is 4.31 Å². The van der Waals surface area contributed by atoms with Gasteiger partial charge in [0.2, 0.25) is 0 Å². The van der Waals surface area contributed by atoms with Crippen molar-refractivity contribution in [2.45, 2.75) is 10.8 Å². The lowest BCUT2D eigenvalue weighted by Crippen LogP contribution is -2.48. The fourth-order valence-corrected chi connectivity index (χ4v) is 7.78. The van der Waals surface area contributed by atoms with Gasteiger partial charge in [0.25, 0.3) is 10.0 Å². The lowest BCUT2D eigenvalue weighted by atomic mass is 10.2. The molecular formula is C22H20ClN3O2S3. The molecule has 0 saturated carbocycles. The van der Waals surface area contributed by atoms with E-state index in [1.54, 1.807) is 27.8 Å². The summed E-state index contributed by atoms with van der Waals surface area (Å²) in [5.74, 6) is 0. The van der Waals surface area contributed by atoms with Crippen LogP contribution in [0.25, 0.3) is 21.3 Å². The summed E-state index contributed by atoms with van der Waals surface area (Å²) in [6.45, 7) is 3.09. The summed E-state index contributed by atoms with van der Waals surface area (Å²) in [5.41, 5.74) is 2.11. The van der Waals surface area contributed by atoms with Crippen LogP contribution in [0.1, 0.15) is 5.01 Å². The molecule has 0 spiro atoms. The van der Waals surface area contributed by atoms with Crippen LogP contribution >= 0.6 is 34.3 Å². The summed E-state index contributed by atoms with van der Waals surface area (Å²) < 4.78 is 29.1. The summed E-state index contributed by atoms with van der Waals surface area (Å²) >= 11 is 8.98. The van der Waals surface area contributed by atoms with Gasteiger partial charge in [0.1, 0.15) is 9.22 Å². The predicted octanol–water partition coefficient (Wildman–Crippen LogP) is 5.18. The van der Waals surface area contributed by atoms with Crippen molar-refractivity contribution >= 4 is 54.4 Å². The Morgan fingerprint density at radius 1 is 1.00 bits per heavy atom. The number of aromatic nitrogens is 1. The second-order valence-electron chi connectivity index (χ2n) is 7.42. The molecule has 1 aliphatic heterocycles. The van der Waals surface area contributed by atoms with Crippen LogP contribution in [0.5, 0.6) is 0 Å². The molecule has 0 unspecified atom stereocenters. The minimum Gasteiger partial charge on any atom is -0.294 e. The average molecular weight is 490 g/mol. The van der Waals surface area contributed by atoms with Crippen molar-refractivity contribution in [1.82, 2.24) is 14.2 Å². The number of nitrogens with zero attached hydrogens (tertiary/aromatic N) is 3. The molecule has 0 radical (unpaired) electrons.